The molecule has 260 valence electrons. The Morgan fingerprint density at radius 3 is 1.44 bits per heavy atom. The number of unbranched alkanes of at least 4 members (excludes halogenated alkanes) is 8. The number of carboxylic acids is 2. The molecule has 1 rings (SSSR count). The van der Waals surface area contributed by atoms with Gasteiger partial charge in [-0.1, -0.05) is 68.9 Å². The van der Waals surface area contributed by atoms with Gasteiger partial charge in [0.1, 0.15) is 6.10 Å². The van der Waals surface area contributed by atoms with E-state index in [9.17, 15) is 9.59 Å². The molecule has 45 heavy (non-hydrogen) atoms. The van der Waals surface area contributed by atoms with Crippen molar-refractivity contribution in [2.75, 3.05) is 79.3 Å². The predicted octanol–water partition coefficient (Wildman–Crippen LogP) is 5.52. The molecular weight excluding hydrogens is 584 g/mol. The van der Waals surface area contributed by atoms with Crippen molar-refractivity contribution in [3.05, 3.63) is 35.9 Å². The number of aliphatic carboxylic acids is 2. The smallest absolute Gasteiger partial charge is 0.303 e. The summed E-state index contributed by atoms with van der Waals surface area (Å²) in [5, 5.41) is 17.4. The highest BCUT2D eigenvalue weighted by molar-refractivity contribution is 5.66. The largest absolute Gasteiger partial charge is 0.481 e. The lowest BCUT2D eigenvalue weighted by Gasteiger charge is -2.18. The maximum absolute atomic E-state index is 10.6. The average Bonchev–Trinajstić information content (AvgIpc) is 3.03. The fourth-order valence-corrected chi connectivity index (χ4v) is 4.29. The Morgan fingerprint density at radius 1 is 0.489 bits per heavy atom. The first-order valence-electron chi connectivity index (χ1n) is 16.6. The van der Waals surface area contributed by atoms with Crippen LogP contribution in [0, 0.1) is 0 Å². The molecule has 0 fully saturated rings. The molecule has 1 atom stereocenters. The molecular formula is C34H58O11. The van der Waals surface area contributed by atoms with Gasteiger partial charge in [0.2, 0.25) is 0 Å². The van der Waals surface area contributed by atoms with Crippen molar-refractivity contribution in [2.45, 2.75) is 89.8 Å². The Balaban J connectivity index is 2.02. The van der Waals surface area contributed by atoms with Crippen molar-refractivity contribution in [1.29, 1.82) is 0 Å². The summed E-state index contributed by atoms with van der Waals surface area (Å²) in [5.74, 6) is -1.48. The number of carboxylic acid groups (broad SMARTS) is 2. The lowest BCUT2D eigenvalue weighted by Crippen LogP contribution is -2.27. The van der Waals surface area contributed by atoms with Crippen LogP contribution in [0.2, 0.25) is 0 Å². The van der Waals surface area contributed by atoms with Crippen LogP contribution in [0.25, 0.3) is 0 Å². The van der Waals surface area contributed by atoms with Crippen molar-refractivity contribution in [3.8, 4) is 0 Å². The molecule has 0 bridgehead atoms. The van der Waals surface area contributed by atoms with Crippen molar-refractivity contribution in [2.24, 2.45) is 0 Å². The van der Waals surface area contributed by atoms with Gasteiger partial charge >= 0.3 is 11.9 Å². The van der Waals surface area contributed by atoms with Crippen LogP contribution in [0.4, 0.5) is 0 Å². The van der Waals surface area contributed by atoms with E-state index in [0.717, 1.165) is 63.4 Å². The molecule has 0 aromatic heterocycles. The first kappa shape index (κ1) is 40.9. The van der Waals surface area contributed by atoms with Crippen molar-refractivity contribution >= 4 is 11.9 Å². The lowest BCUT2D eigenvalue weighted by atomic mass is 10.1. The van der Waals surface area contributed by atoms with Gasteiger partial charge in [0.15, 0.2) is 0 Å². The highest BCUT2D eigenvalue weighted by Crippen LogP contribution is 2.08. The van der Waals surface area contributed by atoms with Gasteiger partial charge in [-0.3, -0.25) is 9.59 Å². The quantitative estimate of drug-likeness (QED) is 0.0905. The van der Waals surface area contributed by atoms with Crippen molar-refractivity contribution < 1.29 is 53.0 Å². The highest BCUT2D eigenvalue weighted by Gasteiger charge is 2.10. The second kappa shape index (κ2) is 31.8. The minimum Gasteiger partial charge on any atom is -0.481 e. The third-order valence-electron chi connectivity index (χ3n) is 6.77. The van der Waals surface area contributed by atoms with Gasteiger partial charge in [0.25, 0.3) is 0 Å². The van der Waals surface area contributed by atoms with Crippen molar-refractivity contribution in [3.63, 3.8) is 0 Å². The zero-order valence-electron chi connectivity index (χ0n) is 27.2. The first-order chi connectivity index (χ1) is 22.1. The van der Waals surface area contributed by atoms with E-state index in [-0.39, 0.29) is 18.9 Å². The molecule has 0 unspecified atom stereocenters. The van der Waals surface area contributed by atoms with Crippen LogP contribution in [0.3, 0.4) is 0 Å². The molecule has 2 N–H and O–H groups in total. The van der Waals surface area contributed by atoms with Crippen LogP contribution < -0.4 is 0 Å². The van der Waals surface area contributed by atoms with Crippen LogP contribution in [0.15, 0.2) is 30.3 Å². The molecule has 11 heteroatoms. The first-order valence-corrected chi connectivity index (χ1v) is 16.6. The molecule has 0 saturated carbocycles. The van der Waals surface area contributed by atoms with E-state index in [2.05, 4.69) is 0 Å². The zero-order valence-corrected chi connectivity index (χ0v) is 27.2. The monoisotopic (exact) mass is 642 g/mol. The second-order valence-electron chi connectivity index (χ2n) is 10.8. The standard InChI is InChI=1S/C34H58O11/c35-33(36)16-10-3-1-5-12-18-42-29-32(45-19-13-6-2-4-11-17-34(37)38)30-44-27-25-41-23-21-39-20-22-40-24-26-43-28-31-14-8-7-9-15-31/h7-9,14-15,32H,1-6,10-13,16-30H2,(H,35,36)(H,37,38)/t32-/m1/s1. The fourth-order valence-electron chi connectivity index (χ4n) is 4.29. The summed E-state index contributed by atoms with van der Waals surface area (Å²) in [6, 6.07) is 10.0. The summed E-state index contributed by atoms with van der Waals surface area (Å²) in [6.45, 7) is 6.68. The molecule has 0 aliphatic rings. The molecule has 0 spiro atoms. The van der Waals surface area contributed by atoms with Crippen molar-refractivity contribution in [1.82, 2.24) is 0 Å². The van der Waals surface area contributed by atoms with Crippen LogP contribution in [0.5, 0.6) is 0 Å². The fraction of sp³-hybridized carbons (Fsp3) is 0.765. The second-order valence-corrected chi connectivity index (χ2v) is 10.8. The van der Waals surface area contributed by atoms with Gasteiger partial charge in [-0.25, -0.2) is 0 Å². The predicted molar refractivity (Wildman–Crippen MR) is 171 cm³/mol. The number of carbonyl (C=O) groups is 2. The zero-order chi connectivity index (χ0) is 32.5. The van der Waals surface area contributed by atoms with E-state index in [1.807, 2.05) is 30.3 Å². The summed E-state index contributed by atoms with van der Waals surface area (Å²) in [7, 11) is 0. The van der Waals surface area contributed by atoms with Crippen LogP contribution in [-0.4, -0.2) is 108 Å². The number of hydrogen-bond donors (Lipinski definition) is 2. The molecule has 1 aromatic carbocycles. The number of rotatable bonds is 35. The van der Waals surface area contributed by atoms with E-state index < -0.39 is 11.9 Å². The van der Waals surface area contributed by atoms with Crippen LogP contribution in [-0.2, 0) is 49.4 Å². The Bertz CT molecular complexity index is 794. The minimum atomic E-state index is -0.740. The number of hydrogen-bond acceptors (Lipinski definition) is 9. The molecule has 11 nitrogen and oxygen atoms in total. The molecule has 0 aliphatic carbocycles. The van der Waals surface area contributed by atoms with Gasteiger partial charge < -0.3 is 43.4 Å². The van der Waals surface area contributed by atoms with E-state index in [0.29, 0.717) is 92.3 Å². The molecule has 0 aliphatic heterocycles. The topological polar surface area (TPSA) is 139 Å². The van der Waals surface area contributed by atoms with Gasteiger partial charge in [-0.15, -0.1) is 0 Å². The third kappa shape index (κ3) is 30.3. The number of benzene rings is 1. The summed E-state index contributed by atoms with van der Waals surface area (Å²) in [5.41, 5.74) is 1.15. The van der Waals surface area contributed by atoms with Gasteiger partial charge in [0, 0.05) is 26.1 Å². The van der Waals surface area contributed by atoms with E-state index in [4.69, 9.17) is 43.4 Å². The molecule has 0 radical (unpaired) electrons. The summed E-state index contributed by atoms with van der Waals surface area (Å²) in [6.07, 6.45) is 9.46. The Kier molecular flexibility index (Phi) is 28.9. The molecule has 0 saturated heterocycles. The van der Waals surface area contributed by atoms with Crippen LogP contribution >= 0.6 is 0 Å². The summed E-state index contributed by atoms with van der Waals surface area (Å²) in [4.78, 5) is 21.2. The Labute approximate surface area is 269 Å². The highest BCUT2D eigenvalue weighted by atomic mass is 16.6. The lowest BCUT2D eigenvalue weighted by molar-refractivity contribution is -0.138. The SMILES string of the molecule is O=C(O)CCCCCCCOC[C@H](COCCOCCOCCOCCOCc1ccccc1)OCCCCCCCC(=O)O. The van der Waals surface area contributed by atoms with Gasteiger partial charge in [0.05, 0.1) is 72.7 Å². The van der Waals surface area contributed by atoms with E-state index >= 15 is 0 Å². The normalized spacial score (nSPS) is 12.0. The Morgan fingerprint density at radius 2 is 0.911 bits per heavy atom. The molecule has 1 aromatic rings. The summed E-state index contributed by atoms with van der Waals surface area (Å²) < 4.78 is 39.9. The van der Waals surface area contributed by atoms with E-state index in [1.165, 1.54) is 0 Å². The van der Waals surface area contributed by atoms with E-state index in [1.54, 1.807) is 0 Å². The third-order valence-corrected chi connectivity index (χ3v) is 6.77. The minimum absolute atomic E-state index is 0.167. The van der Waals surface area contributed by atoms with Gasteiger partial charge in [-0.2, -0.15) is 0 Å². The maximum atomic E-state index is 10.6. The Hall–Kier alpha value is -2.12. The molecule has 0 amide bonds. The van der Waals surface area contributed by atoms with Crippen LogP contribution in [0.1, 0.15) is 82.6 Å². The maximum Gasteiger partial charge on any atom is 0.303 e. The molecule has 0 heterocycles. The number of ether oxygens (including phenoxy) is 7. The average molecular weight is 643 g/mol. The summed E-state index contributed by atoms with van der Waals surface area (Å²) >= 11 is 0. The van der Waals surface area contributed by atoms with Gasteiger partial charge in [-0.05, 0) is 31.2 Å².